The molecule has 1 saturated heterocycles. The monoisotopic (exact) mass is 301 g/mol. The molecule has 1 aliphatic heterocycles. The molecule has 4 nitrogen and oxygen atoms in total. The van der Waals surface area contributed by atoms with Crippen molar-refractivity contribution >= 4 is 15.8 Å². The van der Waals surface area contributed by atoms with E-state index in [2.05, 4.69) is 0 Å². The highest BCUT2D eigenvalue weighted by Crippen LogP contribution is 2.34. The predicted molar refractivity (Wildman–Crippen MR) is 79.1 cm³/mol. The van der Waals surface area contributed by atoms with Gasteiger partial charge < -0.3 is 0 Å². The first kappa shape index (κ1) is 14.0. The van der Waals surface area contributed by atoms with Crippen molar-refractivity contribution in [3.8, 4) is 0 Å². The lowest BCUT2D eigenvalue weighted by Gasteiger charge is -2.23. The van der Waals surface area contributed by atoms with Crippen LogP contribution in [0.4, 0.5) is 0 Å². The summed E-state index contributed by atoms with van der Waals surface area (Å²) in [6.45, 7) is -0.0587. The first-order chi connectivity index (χ1) is 10.1. The van der Waals surface area contributed by atoms with Crippen LogP contribution >= 0.6 is 0 Å². The number of sulfonamides is 1. The number of nitrogens with zero attached hydrogens (tertiary/aromatic N) is 1. The quantitative estimate of drug-likeness (QED) is 0.874. The van der Waals surface area contributed by atoms with Gasteiger partial charge in [-0.3, -0.25) is 4.79 Å². The van der Waals surface area contributed by atoms with Crippen LogP contribution in [0.1, 0.15) is 18.0 Å². The van der Waals surface area contributed by atoms with Gasteiger partial charge in [0.25, 0.3) is 0 Å². The molecule has 1 fully saturated rings. The maximum atomic E-state index is 12.7. The van der Waals surface area contributed by atoms with Crippen LogP contribution in [-0.4, -0.2) is 25.1 Å². The van der Waals surface area contributed by atoms with Crippen LogP contribution in [0.3, 0.4) is 0 Å². The molecule has 0 radical (unpaired) electrons. The van der Waals surface area contributed by atoms with Gasteiger partial charge in [-0.2, -0.15) is 4.31 Å². The standard InChI is InChI=1S/C16H15NO3S/c18-14-11-16(13-7-3-1-4-8-13)17(12-14)21(19,20)15-9-5-2-6-10-15/h1-10,16H,11-12H2. The Morgan fingerprint density at radius 2 is 1.48 bits per heavy atom. The second-order valence-corrected chi connectivity index (χ2v) is 6.92. The minimum absolute atomic E-state index is 0.0524. The lowest BCUT2D eigenvalue weighted by Crippen LogP contribution is -2.31. The fourth-order valence-corrected chi connectivity index (χ4v) is 4.22. The SMILES string of the molecule is O=C1CC(c2ccccc2)N(S(=O)(=O)c2ccccc2)C1. The molecule has 2 aromatic carbocycles. The maximum absolute atomic E-state index is 12.7. The molecule has 0 spiro atoms. The van der Waals surface area contributed by atoms with Crippen LogP contribution < -0.4 is 0 Å². The Hall–Kier alpha value is -1.98. The number of benzene rings is 2. The van der Waals surface area contributed by atoms with E-state index >= 15 is 0 Å². The number of hydrogen-bond acceptors (Lipinski definition) is 3. The second-order valence-electron chi connectivity index (χ2n) is 5.03. The minimum Gasteiger partial charge on any atom is -0.298 e. The second kappa shape index (κ2) is 5.42. The van der Waals surface area contributed by atoms with E-state index in [0.717, 1.165) is 5.56 Å². The molecule has 1 unspecified atom stereocenters. The van der Waals surface area contributed by atoms with Gasteiger partial charge in [0.2, 0.25) is 10.0 Å². The van der Waals surface area contributed by atoms with Crippen LogP contribution in [0.2, 0.25) is 0 Å². The largest absolute Gasteiger partial charge is 0.298 e. The van der Waals surface area contributed by atoms with E-state index in [1.165, 1.54) is 4.31 Å². The molecule has 0 aromatic heterocycles. The zero-order valence-corrected chi connectivity index (χ0v) is 12.2. The number of Topliss-reactive ketones (excluding diaryl/α,β-unsaturated/α-hetero) is 1. The summed E-state index contributed by atoms with van der Waals surface area (Å²) in [5, 5.41) is 0. The first-order valence-corrected chi connectivity index (χ1v) is 8.16. The molecular formula is C16H15NO3S. The average molecular weight is 301 g/mol. The van der Waals surface area contributed by atoms with Gasteiger partial charge in [-0.1, -0.05) is 48.5 Å². The van der Waals surface area contributed by atoms with Crippen molar-refractivity contribution in [2.24, 2.45) is 0 Å². The van der Waals surface area contributed by atoms with Crippen molar-refractivity contribution in [2.75, 3.05) is 6.54 Å². The van der Waals surface area contributed by atoms with Gasteiger partial charge in [-0.25, -0.2) is 8.42 Å². The number of carbonyl (C=O) groups is 1. The fourth-order valence-electron chi connectivity index (χ4n) is 2.61. The van der Waals surface area contributed by atoms with Gasteiger partial charge in [-0.05, 0) is 17.7 Å². The highest BCUT2D eigenvalue weighted by Gasteiger charge is 2.40. The Balaban J connectivity index is 2.02. The Bertz CT molecular complexity index is 742. The summed E-state index contributed by atoms with van der Waals surface area (Å²) in [6, 6.07) is 17.1. The Morgan fingerprint density at radius 3 is 2.10 bits per heavy atom. The maximum Gasteiger partial charge on any atom is 0.244 e. The van der Waals surface area contributed by atoms with Gasteiger partial charge in [-0.15, -0.1) is 0 Å². The number of carbonyl (C=O) groups excluding carboxylic acids is 1. The first-order valence-electron chi connectivity index (χ1n) is 6.72. The van der Waals surface area contributed by atoms with Crippen molar-refractivity contribution in [3.63, 3.8) is 0 Å². The Morgan fingerprint density at radius 1 is 0.905 bits per heavy atom. The lowest BCUT2D eigenvalue weighted by molar-refractivity contribution is -0.116. The summed E-state index contributed by atoms with van der Waals surface area (Å²) in [7, 11) is -3.66. The molecule has 0 N–H and O–H groups in total. The normalized spacial score (nSPS) is 19.8. The Kier molecular flexibility index (Phi) is 3.61. The van der Waals surface area contributed by atoms with E-state index in [1.54, 1.807) is 30.3 Å². The molecule has 21 heavy (non-hydrogen) atoms. The van der Waals surface area contributed by atoms with Crippen LogP contribution in [0.25, 0.3) is 0 Å². The molecule has 1 aliphatic rings. The van der Waals surface area contributed by atoms with Gasteiger partial charge >= 0.3 is 0 Å². The molecule has 108 valence electrons. The molecule has 0 saturated carbocycles. The molecule has 0 bridgehead atoms. The third-order valence-electron chi connectivity index (χ3n) is 3.63. The molecule has 0 aliphatic carbocycles. The van der Waals surface area contributed by atoms with Gasteiger partial charge in [0.05, 0.1) is 17.5 Å². The number of hydrogen-bond donors (Lipinski definition) is 0. The zero-order valence-electron chi connectivity index (χ0n) is 11.3. The highest BCUT2D eigenvalue weighted by atomic mass is 32.2. The van der Waals surface area contributed by atoms with E-state index in [-0.39, 0.29) is 23.6 Å². The van der Waals surface area contributed by atoms with Crippen LogP contribution in [0.15, 0.2) is 65.6 Å². The number of ketones is 1. The van der Waals surface area contributed by atoms with Gasteiger partial charge in [0, 0.05) is 6.42 Å². The van der Waals surface area contributed by atoms with Gasteiger partial charge in [0.1, 0.15) is 5.78 Å². The average Bonchev–Trinajstić information content (AvgIpc) is 2.92. The summed E-state index contributed by atoms with van der Waals surface area (Å²) in [6.07, 6.45) is 0.232. The van der Waals surface area contributed by atoms with Gasteiger partial charge in [0.15, 0.2) is 0 Å². The zero-order chi connectivity index (χ0) is 14.9. The molecule has 5 heteroatoms. The van der Waals surface area contributed by atoms with E-state index in [0.29, 0.717) is 0 Å². The smallest absolute Gasteiger partial charge is 0.244 e. The molecule has 0 amide bonds. The van der Waals surface area contributed by atoms with E-state index in [4.69, 9.17) is 0 Å². The van der Waals surface area contributed by atoms with Crippen molar-refractivity contribution in [1.82, 2.24) is 4.31 Å². The third kappa shape index (κ3) is 2.62. The van der Waals surface area contributed by atoms with Crippen LogP contribution in [0.5, 0.6) is 0 Å². The van der Waals surface area contributed by atoms with Crippen molar-refractivity contribution < 1.29 is 13.2 Å². The van der Waals surface area contributed by atoms with Crippen LogP contribution in [0, 0.1) is 0 Å². The predicted octanol–water partition coefficient (Wildman–Crippen LogP) is 2.39. The molecule has 3 rings (SSSR count). The third-order valence-corrected chi connectivity index (χ3v) is 5.50. The van der Waals surface area contributed by atoms with E-state index < -0.39 is 16.1 Å². The Labute approximate surface area is 124 Å². The minimum atomic E-state index is -3.66. The summed E-state index contributed by atoms with van der Waals surface area (Å²) >= 11 is 0. The highest BCUT2D eigenvalue weighted by molar-refractivity contribution is 7.89. The lowest BCUT2D eigenvalue weighted by atomic mass is 10.1. The molecular weight excluding hydrogens is 286 g/mol. The molecule has 1 atom stereocenters. The summed E-state index contributed by atoms with van der Waals surface area (Å²) < 4.78 is 26.8. The van der Waals surface area contributed by atoms with Crippen molar-refractivity contribution in [1.29, 1.82) is 0 Å². The number of rotatable bonds is 3. The van der Waals surface area contributed by atoms with Crippen LogP contribution in [-0.2, 0) is 14.8 Å². The van der Waals surface area contributed by atoms with E-state index in [9.17, 15) is 13.2 Å². The molecule has 2 aromatic rings. The van der Waals surface area contributed by atoms with Crippen molar-refractivity contribution in [2.45, 2.75) is 17.4 Å². The fraction of sp³-hybridized carbons (Fsp3) is 0.188. The summed E-state index contributed by atoms with van der Waals surface area (Å²) in [5.41, 5.74) is 0.850. The summed E-state index contributed by atoms with van der Waals surface area (Å²) in [4.78, 5) is 12.0. The van der Waals surface area contributed by atoms with Crippen molar-refractivity contribution in [3.05, 3.63) is 66.2 Å². The topological polar surface area (TPSA) is 54.5 Å². The van der Waals surface area contributed by atoms with E-state index in [1.807, 2.05) is 30.3 Å². The molecule has 1 heterocycles. The summed E-state index contributed by atoms with van der Waals surface area (Å²) in [5.74, 6) is -0.0524.